The summed E-state index contributed by atoms with van der Waals surface area (Å²) >= 11 is 0. The smallest absolute Gasteiger partial charge is 0.160 e. The van der Waals surface area contributed by atoms with Crippen molar-refractivity contribution in [2.24, 2.45) is 0 Å². The van der Waals surface area contributed by atoms with E-state index in [9.17, 15) is 0 Å². The van der Waals surface area contributed by atoms with Gasteiger partial charge < -0.3 is 4.98 Å². The van der Waals surface area contributed by atoms with Crippen LogP contribution in [-0.2, 0) is 0 Å². The Morgan fingerprint density at radius 2 is 2.56 bits per heavy atom. The highest BCUT2D eigenvalue weighted by Crippen LogP contribution is 1.99. The molecular formula is C5H4N4. The third kappa shape index (κ3) is 0.561. The summed E-state index contributed by atoms with van der Waals surface area (Å²) < 4.78 is 7.09. The monoisotopic (exact) mass is 121 g/mol. The number of rotatable bonds is 0. The van der Waals surface area contributed by atoms with E-state index in [-0.39, 0.29) is 6.30 Å². The van der Waals surface area contributed by atoms with E-state index in [1.807, 2.05) is 0 Å². The Balaban J connectivity index is 2.88. The number of imidazole rings is 1. The van der Waals surface area contributed by atoms with Gasteiger partial charge in [0.25, 0.3) is 0 Å². The molecule has 0 radical (unpaired) electrons. The standard InChI is InChI=1S/C5H4N4/c1-4-5(8-2-6-1)9-3-7-4/h1-3H,(H,6,7,8,9)/i3D. The van der Waals surface area contributed by atoms with Crippen LogP contribution >= 0.6 is 0 Å². The first-order valence-corrected chi connectivity index (χ1v) is 2.48. The van der Waals surface area contributed by atoms with Crippen molar-refractivity contribution in [2.75, 3.05) is 0 Å². The summed E-state index contributed by atoms with van der Waals surface area (Å²) in [5.74, 6) is 0. The van der Waals surface area contributed by atoms with Crippen LogP contribution in [0.1, 0.15) is 1.37 Å². The molecule has 1 N–H and O–H groups in total. The van der Waals surface area contributed by atoms with Crippen molar-refractivity contribution in [1.82, 2.24) is 19.9 Å². The predicted molar refractivity (Wildman–Crippen MR) is 31.7 cm³/mol. The first kappa shape index (κ1) is 3.55. The van der Waals surface area contributed by atoms with E-state index >= 15 is 0 Å². The topological polar surface area (TPSA) is 54.5 Å². The van der Waals surface area contributed by atoms with Gasteiger partial charge >= 0.3 is 0 Å². The van der Waals surface area contributed by atoms with Crippen molar-refractivity contribution in [3.63, 3.8) is 0 Å². The van der Waals surface area contributed by atoms with Crippen molar-refractivity contribution in [1.29, 1.82) is 0 Å². The zero-order valence-electron chi connectivity index (χ0n) is 5.50. The summed E-state index contributed by atoms with van der Waals surface area (Å²) in [6, 6.07) is 0. The van der Waals surface area contributed by atoms with Crippen LogP contribution in [0.3, 0.4) is 0 Å². The van der Waals surface area contributed by atoms with Gasteiger partial charge in [-0.15, -0.1) is 0 Å². The highest BCUT2D eigenvalue weighted by Gasteiger charge is 1.91. The van der Waals surface area contributed by atoms with Gasteiger partial charge in [-0.05, 0) is 0 Å². The molecule has 0 aliphatic carbocycles. The van der Waals surface area contributed by atoms with E-state index in [0.717, 1.165) is 0 Å². The third-order valence-electron chi connectivity index (χ3n) is 1.04. The summed E-state index contributed by atoms with van der Waals surface area (Å²) in [4.78, 5) is 14.1. The average molecular weight is 121 g/mol. The van der Waals surface area contributed by atoms with Crippen LogP contribution in [0.25, 0.3) is 11.2 Å². The minimum atomic E-state index is 0.121. The predicted octanol–water partition coefficient (Wildman–Crippen LogP) is 0.353. The van der Waals surface area contributed by atoms with Gasteiger partial charge in [0.1, 0.15) is 13.2 Å². The molecule has 0 fully saturated rings. The molecule has 2 aromatic heterocycles. The van der Waals surface area contributed by atoms with Crippen LogP contribution in [0, 0.1) is 0 Å². The molecule has 9 heavy (non-hydrogen) atoms. The second-order valence-electron chi connectivity index (χ2n) is 1.61. The van der Waals surface area contributed by atoms with Crippen molar-refractivity contribution in [3.8, 4) is 0 Å². The Morgan fingerprint density at radius 1 is 1.56 bits per heavy atom. The molecule has 0 bridgehead atoms. The summed E-state index contributed by atoms with van der Waals surface area (Å²) in [5.41, 5.74) is 1.24. The fourth-order valence-electron chi connectivity index (χ4n) is 0.642. The number of H-pyrrole nitrogens is 1. The first-order valence-electron chi connectivity index (χ1n) is 2.98. The molecule has 0 aliphatic rings. The van der Waals surface area contributed by atoms with Gasteiger partial charge in [-0.3, -0.25) is 0 Å². The van der Waals surface area contributed by atoms with Crippen molar-refractivity contribution >= 4 is 11.2 Å². The van der Waals surface area contributed by atoms with Crippen molar-refractivity contribution in [2.45, 2.75) is 0 Å². The van der Waals surface area contributed by atoms with Crippen LogP contribution in [0.2, 0.25) is 0 Å². The maximum atomic E-state index is 7.09. The second kappa shape index (κ2) is 1.51. The molecule has 4 nitrogen and oxygen atoms in total. The van der Waals surface area contributed by atoms with Gasteiger partial charge in [0.15, 0.2) is 5.65 Å². The second-order valence-corrected chi connectivity index (χ2v) is 1.61. The van der Waals surface area contributed by atoms with Crippen LogP contribution in [-0.4, -0.2) is 19.9 Å². The number of aromatic nitrogens is 4. The van der Waals surface area contributed by atoms with Crippen molar-refractivity contribution in [3.05, 3.63) is 18.8 Å². The summed E-state index contributed by atoms with van der Waals surface area (Å²) in [7, 11) is 0. The van der Waals surface area contributed by atoms with E-state index in [0.29, 0.717) is 11.2 Å². The van der Waals surface area contributed by atoms with E-state index in [2.05, 4.69) is 19.9 Å². The molecule has 44 valence electrons. The van der Waals surface area contributed by atoms with E-state index in [1.54, 1.807) is 6.20 Å². The van der Waals surface area contributed by atoms with Crippen LogP contribution in [0.5, 0.6) is 0 Å². The summed E-state index contributed by atoms with van der Waals surface area (Å²) in [6.07, 6.45) is 3.10. The molecule has 0 atom stereocenters. The lowest BCUT2D eigenvalue weighted by Gasteiger charge is -1.80. The van der Waals surface area contributed by atoms with Gasteiger partial charge in [0, 0.05) is 0 Å². The Bertz CT molecular complexity index is 322. The quantitative estimate of drug-likeness (QED) is 0.547. The number of fused-ring (bicyclic) bond motifs is 1. The lowest BCUT2D eigenvalue weighted by atomic mass is 10.6. The van der Waals surface area contributed by atoms with Gasteiger partial charge in [0.05, 0.1) is 12.5 Å². The Morgan fingerprint density at radius 3 is 3.44 bits per heavy atom. The zero-order valence-corrected chi connectivity index (χ0v) is 4.50. The van der Waals surface area contributed by atoms with E-state index in [1.165, 1.54) is 6.33 Å². The number of aromatic amines is 1. The SMILES string of the molecule is [2H]c1nc2cncnc2[nH]1. The van der Waals surface area contributed by atoms with Crippen molar-refractivity contribution < 1.29 is 1.37 Å². The van der Waals surface area contributed by atoms with Crippen LogP contribution < -0.4 is 0 Å². The van der Waals surface area contributed by atoms with Gasteiger partial charge in [-0.25, -0.2) is 15.0 Å². The molecule has 2 rings (SSSR count). The highest BCUT2D eigenvalue weighted by molar-refractivity contribution is 5.67. The first-order chi connectivity index (χ1) is 4.86. The molecule has 0 saturated carbocycles. The molecule has 0 unspecified atom stereocenters. The number of hydrogen-bond donors (Lipinski definition) is 1. The summed E-state index contributed by atoms with van der Waals surface area (Å²) in [5, 5.41) is 0. The Kier molecular flexibility index (Phi) is 0.597. The number of hydrogen-bond acceptors (Lipinski definition) is 3. The zero-order chi connectivity index (χ0) is 6.97. The maximum absolute atomic E-state index is 7.09. The normalized spacial score (nSPS) is 11.8. The lowest BCUT2D eigenvalue weighted by molar-refractivity contribution is 1.20. The molecule has 2 aromatic rings. The largest absolute Gasteiger partial charge is 0.329 e. The molecule has 2 heterocycles. The molecular weight excluding hydrogens is 116 g/mol. The molecule has 0 spiro atoms. The molecule has 4 heteroatoms. The third-order valence-corrected chi connectivity index (χ3v) is 1.04. The number of nitrogens with one attached hydrogen (secondary N) is 1. The van der Waals surface area contributed by atoms with Gasteiger partial charge in [0.2, 0.25) is 0 Å². The summed E-state index contributed by atoms with van der Waals surface area (Å²) in [6.45, 7) is 0. The maximum Gasteiger partial charge on any atom is 0.160 e. The molecule has 0 saturated heterocycles. The number of nitrogens with zero attached hydrogens (tertiary/aromatic N) is 3. The van der Waals surface area contributed by atoms with Crippen LogP contribution in [0.4, 0.5) is 0 Å². The van der Waals surface area contributed by atoms with Crippen LogP contribution in [0.15, 0.2) is 18.8 Å². The fraction of sp³-hybridized carbons (Fsp3) is 0. The van der Waals surface area contributed by atoms with Gasteiger partial charge in [-0.1, -0.05) is 0 Å². The van der Waals surface area contributed by atoms with E-state index in [4.69, 9.17) is 1.37 Å². The average Bonchev–Trinajstić information content (AvgIpc) is 2.27. The molecule has 0 aromatic carbocycles. The van der Waals surface area contributed by atoms with Gasteiger partial charge in [-0.2, -0.15) is 0 Å². The minimum absolute atomic E-state index is 0.121. The highest BCUT2D eigenvalue weighted by atomic mass is 15.0. The molecule has 0 aliphatic heterocycles. The van der Waals surface area contributed by atoms with E-state index < -0.39 is 0 Å². The Hall–Kier alpha value is -1.45. The molecule has 0 amide bonds. The lowest BCUT2D eigenvalue weighted by Crippen LogP contribution is -1.76. The minimum Gasteiger partial charge on any atom is -0.329 e. The fourth-order valence-corrected chi connectivity index (χ4v) is 0.642. The Labute approximate surface area is 52.4 Å².